The van der Waals surface area contributed by atoms with Crippen LogP contribution in [0.1, 0.15) is 26.5 Å². The van der Waals surface area contributed by atoms with Gasteiger partial charge in [-0.2, -0.15) is 0 Å². The van der Waals surface area contributed by atoms with E-state index in [2.05, 4.69) is 20.6 Å². The van der Waals surface area contributed by atoms with E-state index in [4.69, 9.17) is 9.47 Å². The third-order valence-corrected chi connectivity index (χ3v) is 4.07. The number of nitrogens with zero attached hydrogens (tertiary/aromatic N) is 2. The van der Waals surface area contributed by atoms with Gasteiger partial charge in [0.05, 0.1) is 32.1 Å². The molecular formula is C21H20N4O4. The van der Waals surface area contributed by atoms with Crippen LogP contribution >= 0.6 is 0 Å². The van der Waals surface area contributed by atoms with Gasteiger partial charge in [-0.25, -0.2) is 0 Å². The third-order valence-electron chi connectivity index (χ3n) is 4.07. The Hall–Kier alpha value is -3.94. The first-order chi connectivity index (χ1) is 14.1. The molecule has 0 aliphatic heterocycles. The molecule has 0 fully saturated rings. The molecule has 2 N–H and O–H groups in total. The topological polar surface area (TPSA) is 102 Å². The van der Waals surface area contributed by atoms with E-state index in [1.54, 1.807) is 43.6 Å². The molecule has 0 aliphatic carbocycles. The highest BCUT2D eigenvalue weighted by atomic mass is 16.5. The number of nitrogens with one attached hydrogen (secondary N) is 2. The van der Waals surface area contributed by atoms with Crippen molar-refractivity contribution >= 4 is 17.5 Å². The number of amides is 2. The molecule has 8 heteroatoms. The lowest BCUT2D eigenvalue weighted by Gasteiger charge is -2.11. The highest BCUT2D eigenvalue weighted by Gasteiger charge is 2.14. The Balaban J connectivity index is 1.70. The molecule has 0 aliphatic rings. The number of carbonyl (C=O) groups excluding carboxylic acids is 2. The molecule has 2 heterocycles. The predicted molar refractivity (Wildman–Crippen MR) is 107 cm³/mol. The molecule has 1 aromatic carbocycles. The van der Waals surface area contributed by atoms with Crippen LogP contribution in [0.5, 0.6) is 11.5 Å². The molecule has 29 heavy (non-hydrogen) atoms. The molecule has 8 nitrogen and oxygen atoms in total. The second kappa shape index (κ2) is 9.32. The van der Waals surface area contributed by atoms with Crippen LogP contribution in [0.25, 0.3) is 0 Å². The molecule has 148 valence electrons. The fourth-order valence-electron chi connectivity index (χ4n) is 2.56. The fraction of sp³-hybridized carbons (Fsp3) is 0.143. The predicted octanol–water partition coefficient (Wildman–Crippen LogP) is 2.68. The van der Waals surface area contributed by atoms with Crippen LogP contribution in [0.15, 0.2) is 60.9 Å². The van der Waals surface area contributed by atoms with Gasteiger partial charge < -0.3 is 20.1 Å². The number of hydrogen-bond acceptors (Lipinski definition) is 6. The number of hydrogen-bond donors (Lipinski definition) is 2. The normalized spacial score (nSPS) is 10.1. The number of pyridine rings is 2. The van der Waals surface area contributed by atoms with Gasteiger partial charge in [-0.15, -0.1) is 0 Å². The zero-order chi connectivity index (χ0) is 20.6. The average molecular weight is 392 g/mol. The second-order valence-electron chi connectivity index (χ2n) is 5.95. The molecule has 3 aromatic rings. The number of rotatable bonds is 7. The minimum atomic E-state index is -0.465. The number of carbonyl (C=O) groups is 2. The zero-order valence-electron chi connectivity index (χ0n) is 16.0. The van der Waals surface area contributed by atoms with Gasteiger partial charge in [0, 0.05) is 24.0 Å². The van der Waals surface area contributed by atoms with E-state index >= 15 is 0 Å². The van der Waals surface area contributed by atoms with Crippen molar-refractivity contribution in [2.24, 2.45) is 0 Å². The van der Waals surface area contributed by atoms with Crippen molar-refractivity contribution in [3.63, 3.8) is 0 Å². The maximum absolute atomic E-state index is 12.6. The van der Waals surface area contributed by atoms with Crippen molar-refractivity contribution < 1.29 is 19.1 Å². The number of benzene rings is 1. The van der Waals surface area contributed by atoms with E-state index in [1.165, 1.54) is 19.4 Å². The molecule has 0 saturated carbocycles. The van der Waals surface area contributed by atoms with E-state index in [0.717, 1.165) is 5.69 Å². The molecule has 0 saturated heterocycles. The van der Waals surface area contributed by atoms with E-state index in [0.29, 0.717) is 22.7 Å². The van der Waals surface area contributed by atoms with Crippen LogP contribution < -0.4 is 20.1 Å². The first-order valence-corrected chi connectivity index (χ1v) is 8.78. The fourth-order valence-corrected chi connectivity index (χ4v) is 2.56. The zero-order valence-corrected chi connectivity index (χ0v) is 16.0. The molecule has 0 bridgehead atoms. The minimum Gasteiger partial charge on any atom is -0.497 e. The van der Waals surface area contributed by atoms with Crippen molar-refractivity contribution in [1.82, 2.24) is 15.3 Å². The van der Waals surface area contributed by atoms with Crippen LogP contribution in [0.4, 0.5) is 5.69 Å². The summed E-state index contributed by atoms with van der Waals surface area (Å²) in [6, 6.07) is 13.5. The maximum Gasteiger partial charge on any atom is 0.274 e. The lowest BCUT2D eigenvalue weighted by Crippen LogP contribution is -2.24. The van der Waals surface area contributed by atoms with E-state index in [-0.39, 0.29) is 18.1 Å². The minimum absolute atomic E-state index is 0.105. The van der Waals surface area contributed by atoms with Gasteiger partial charge in [0.15, 0.2) is 0 Å². The average Bonchev–Trinajstić information content (AvgIpc) is 2.78. The highest BCUT2D eigenvalue weighted by molar-refractivity contribution is 6.05. The summed E-state index contributed by atoms with van der Waals surface area (Å²) in [5.41, 5.74) is 1.63. The third kappa shape index (κ3) is 5.07. The number of aromatic nitrogens is 2. The van der Waals surface area contributed by atoms with Gasteiger partial charge in [0.25, 0.3) is 11.8 Å². The largest absolute Gasteiger partial charge is 0.497 e. The Bertz CT molecular complexity index is 1010. The van der Waals surface area contributed by atoms with Gasteiger partial charge in [-0.05, 0) is 36.4 Å². The van der Waals surface area contributed by atoms with Crippen molar-refractivity contribution in [3.05, 3.63) is 77.9 Å². The Morgan fingerprint density at radius 1 is 0.931 bits per heavy atom. The standard InChI is InChI=1S/C21H20N4O4/c1-28-16-6-7-17(19(12-16)29-2)25-21(27)18-11-14(8-10-23-18)20(26)24-13-15-5-3-4-9-22-15/h3-12H,13H2,1-2H3,(H,24,26)(H,25,27). The monoisotopic (exact) mass is 392 g/mol. The number of anilines is 1. The molecule has 0 radical (unpaired) electrons. The molecule has 3 rings (SSSR count). The van der Waals surface area contributed by atoms with E-state index < -0.39 is 5.91 Å². The first-order valence-electron chi connectivity index (χ1n) is 8.78. The summed E-state index contributed by atoms with van der Waals surface area (Å²) in [7, 11) is 3.04. The molecule has 0 unspecified atom stereocenters. The number of ether oxygens (including phenoxy) is 2. The Labute approximate surface area is 167 Å². The van der Waals surface area contributed by atoms with Gasteiger partial charge in [-0.1, -0.05) is 6.07 Å². The summed E-state index contributed by atoms with van der Waals surface area (Å²) in [5, 5.41) is 5.50. The molecule has 0 spiro atoms. The quantitative estimate of drug-likeness (QED) is 0.641. The summed E-state index contributed by atoms with van der Waals surface area (Å²) in [4.78, 5) is 33.2. The molecule has 2 aromatic heterocycles. The molecule has 0 atom stereocenters. The van der Waals surface area contributed by atoms with Crippen LogP contribution in [0.2, 0.25) is 0 Å². The van der Waals surface area contributed by atoms with Gasteiger partial charge >= 0.3 is 0 Å². The van der Waals surface area contributed by atoms with Gasteiger partial charge in [0.2, 0.25) is 0 Å². The highest BCUT2D eigenvalue weighted by Crippen LogP contribution is 2.29. The Kier molecular flexibility index (Phi) is 6.36. The van der Waals surface area contributed by atoms with Crippen molar-refractivity contribution in [1.29, 1.82) is 0 Å². The molecular weight excluding hydrogens is 372 g/mol. The van der Waals surface area contributed by atoms with E-state index in [1.807, 2.05) is 12.1 Å². The summed E-state index contributed by atoms with van der Waals surface area (Å²) in [6.07, 6.45) is 3.07. The van der Waals surface area contributed by atoms with Crippen LogP contribution in [0, 0.1) is 0 Å². The van der Waals surface area contributed by atoms with Gasteiger partial charge in [-0.3, -0.25) is 19.6 Å². The second-order valence-corrected chi connectivity index (χ2v) is 5.95. The van der Waals surface area contributed by atoms with Gasteiger partial charge in [0.1, 0.15) is 17.2 Å². The van der Waals surface area contributed by atoms with Crippen LogP contribution in [0.3, 0.4) is 0 Å². The molecule has 2 amide bonds. The van der Waals surface area contributed by atoms with Crippen molar-refractivity contribution in [3.8, 4) is 11.5 Å². The van der Waals surface area contributed by atoms with Crippen molar-refractivity contribution in [2.45, 2.75) is 6.54 Å². The van der Waals surface area contributed by atoms with Crippen molar-refractivity contribution in [2.75, 3.05) is 19.5 Å². The van der Waals surface area contributed by atoms with Crippen LogP contribution in [-0.4, -0.2) is 36.0 Å². The summed E-state index contributed by atoms with van der Waals surface area (Å²) in [5.74, 6) is 0.258. The van der Waals surface area contributed by atoms with E-state index in [9.17, 15) is 9.59 Å². The first kappa shape index (κ1) is 19.8. The smallest absolute Gasteiger partial charge is 0.274 e. The maximum atomic E-state index is 12.6. The Morgan fingerprint density at radius 2 is 1.79 bits per heavy atom. The number of methoxy groups -OCH3 is 2. The lowest BCUT2D eigenvalue weighted by atomic mass is 10.2. The Morgan fingerprint density at radius 3 is 2.52 bits per heavy atom. The summed E-state index contributed by atoms with van der Waals surface area (Å²) >= 11 is 0. The summed E-state index contributed by atoms with van der Waals surface area (Å²) in [6.45, 7) is 0.284. The van der Waals surface area contributed by atoms with Crippen LogP contribution in [-0.2, 0) is 6.54 Å². The lowest BCUT2D eigenvalue weighted by molar-refractivity contribution is 0.0950. The SMILES string of the molecule is COc1ccc(NC(=O)c2cc(C(=O)NCc3ccccn3)ccn2)c(OC)c1. The summed E-state index contributed by atoms with van der Waals surface area (Å²) < 4.78 is 10.4.